The lowest BCUT2D eigenvalue weighted by atomic mass is 10.7. The van der Waals surface area contributed by atoms with Gasteiger partial charge in [-0.1, -0.05) is 0 Å². The molecule has 1 aromatic heterocycles. The van der Waals surface area contributed by atoms with E-state index < -0.39 is 6.03 Å². The molecule has 0 aliphatic rings. The Morgan fingerprint density at radius 1 is 1.20 bits per heavy atom. The standard InChI is InChI=1S/C4H4N2.CH4N2O/c1-2-5-4-6-3-1;2-1(3)4/h1-4H;(H4,2,3,4). The van der Waals surface area contributed by atoms with E-state index in [2.05, 4.69) is 21.4 Å². The van der Waals surface area contributed by atoms with Crippen LogP contribution in [0.2, 0.25) is 0 Å². The highest BCUT2D eigenvalue weighted by Gasteiger charge is 1.60. The normalized spacial score (nSPS) is 7.20. The van der Waals surface area contributed by atoms with E-state index in [1.165, 1.54) is 6.33 Å². The predicted molar refractivity (Wildman–Crippen MR) is 35.8 cm³/mol. The fraction of sp³-hybridized carbons (Fsp3) is 0. The van der Waals surface area contributed by atoms with Gasteiger partial charge < -0.3 is 11.5 Å². The smallest absolute Gasteiger partial charge is 0.309 e. The molecular weight excluding hydrogens is 132 g/mol. The van der Waals surface area contributed by atoms with Gasteiger partial charge in [-0.3, -0.25) is 0 Å². The number of nitrogens with two attached hydrogens (primary N) is 2. The minimum atomic E-state index is -0.833. The number of amides is 2. The van der Waals surface area contributed by atoms with Crippen molar-refractivity contribution in [3.8, 4) is 0 Å². The summed E-state index contributed by atoms with van der Waals surface area (Å²) in [6, 6.07) is 0.944. The van der Waals surface area contributed by atoms with Crippen LogP contribution < -0.4 is 11.5 Å². The summed E-state index contributed by atoms with van der Waals surface area (Å²) in [5, 5.41) is 0. The van der Waals surface area contributed by atoms with Gasteiger partial charge in [0.1, 0.15) is 6.33 Å². The van der Waals surface area contributed by atoms with Crippen LogP contribution in [-0.4, -0.2) is 16.0 Å². The predicted octanol–water partition coefficient (Wildman–Crippen LogP) is -0.500. The quantitative estimate of drug-likeness (QED) is 0.508. The van der Waals surface area contributed by atoms with E-state index in [0.29, 0.717) is 0 Å². The van der Waals surface area contributed by atoms with Crippen LogP contribution >= 0.6 is 0 Å². The molecule has 5 nitrogen and oxygen atoms in total. The summed E-state index contributed by atoms with van der Waals surface area (Å²) < 4.78 is 0. The van der Waals surface area contributed by atoms with E-state index in [9.17, 15) is 0 Å². The van der Waals surface area contributed by atoms with Gasteiger partial charge in [0.05, 0.1) is 0 Å². The molecule has 54 valence electrons. The van der Waals surface area contributed by atoms with Crippen LogP contribution in [0.1, 0.15) is 0 Å². The number of carbonyl (C=O) groups is 1. The summed E-state index contributed by atoms with van der Waals surface area (Å²) in [4.78, 5) is 16.3. The van der Waals surface area contributed by atoms with Gasteiger partial charge in [0, 0.05) is 12.4 Å². The van der Waals surface area contributed by atoms with Crippen molar-refractivity contribution in [2.24, 2.45) is 11.5 Å². The lowest BCUT2D eigenvalue weighted by molar-refractivity contribution is 0.256. The van der Waals surface area contributed by atoms with E-state index in [-0.39, 0.29) is 0 Å². The lowest BCUT2D eigenvalue weighted by Gasteiger charge is -1.70. The van der Waals surface area contributed by atoms with Crippen molar-refractivity contribution in [2.75, 3.05) is 0 Å². The summed E-state index contributed by atoms with van der Waals surface area (Å²) in [5.41, 5.74) is 8.50. The molecule has 0 saturated heterocycles. The molecule has 2 amide bonds. The Labute approximate surface area is 58.1 Å². The Hall–Kier alpha value is -1.65. The molecule has 0 radical (unpaired) electrons. The first-order valence-corrected chi connectivity index (χ1v) is 2.48. The minimum absolute atomic E-state index is 0.833. The van der Waals surface area contributed by atoms with Crippen LogP contribution in [0.25, 0.3) is 0 Å². The van der Waals surface area contributed by atoms with Gasteiger partial charge in [-0.05, 0) is 6.07 Å². The molecule has 0 bridgehead atoms. The maximum Gasteiger partial charge on any atom is 0.309 e. The molecule has 0 aromatic carbocycles. The summed E-state index contributed by atoms with van der Waals surface area (Å²) >= 11 is 0. The van der Waals surface area contributed by atoms with E-state index in [1.54, 1.807) is 18.5 Å². The summed E-state index contributed by atoms with van der Waals surface area (Å²) in [5.74, 6) is 0. The third-order valence-electron chi connectivity index (χ3n) is 0.478. The van der Waals surface area contributed by atoms with Gasteiger partial charge in [0.15, 0.2) is 0 Å². The van der Waals surface area contributed by atoms with Crippen LogP contribution in [0.4, 0.5) is 4.79 Å². The molecule has 0 saturated carbocycles. The van der Waals surface area contributed by atoms with Crippen molar-refractivity contribution in [3.63, 3.8) is 0 Å². The fourth-order valence-corrected chi connectivity index (χ4v) is 0.253. The highest BCUT2D eigenvalue weighted by atomic mass is 16.2. The van der Waals surface area contributed by atoms with Gasteiger partial charge in [0.25, 0.3) is 0 Å². The maximum absolute atomic E-state index is 9.00. The number of carbonyl (C=O) groups excluding carboxylic acids is 1. The molecular formula is C5H8N4O. The molecule has 0 atom stereocenters. The van der Waals surface area contributed by atoms with E-state index in [1.807, 2.05) is 0 Å². The lowest BCUT2D eigenvalue weighted by Crippen LogP contribution is -2.18. The minimum Gasteiger partial charge on any atom is -0.352 e. The zero-order chi connectivity index (χ0) is 7.82. The third kappa shape index (κ3) is 9.61. The van der Waals surface area contributed by atoms with Crippen molar-refractivity contribution in [1.82, 2.24) is 9.97 Å². The molecule has 1 rings (SSSR count). The van der Waals surface area contributed by atoms with Crippen molar-refractivity contribution < 1.29 is 4.79 Å². The number of hydrogen-bond acceptors (Lipinski definition) is 3. The Morgan fingerprint density at radius 3 is 1.70 bits per heavy atom. The van der Waals surface area contributed by atoms with Crippen LogP contribution in [0.5, 0.6) is 0 Å². The first-order valence-electron chi connectivity index (χ1n) is 2.48. The summed E-state index contributed by atoms with van der Waals surface area (Å²) in [6.07, 6.45) is 4.88. The number of urea groups is 1. The Balaban J connectivity index is 0.000000180. The zero-order valence-electron chi connectivity index (χ0n) is 5.27. The summed E-state index contributed by atoms with van der Waals surface area (Å²) in [7, 11) is 0. The first-order chi connectivity index (χ1) is 4.73. The molecule has 5 heteroatoms. The molecule has 10 heavy (non-hydrogen) atoms. The number of nitrogens with zero attached hydrogens (tertiary/aromatic N) is 2. The van der Waals surface area contributed by atoms with Crippen molar-refractivity contribution >= 4 is 6.03 Å². The van der Waals surface area contributed by atoms with Gasteiger partial charge >= 0.3 is 6.03 Å². The van der Waals surface area contributed by atoms with Crippen molar-refractivity contribution in [3.05, 3.63) is 24.8 Å². The van der Waals surface area contributed by atoms with Gasteiger partial charge in [0.2, 0.25) is 0 Å². The molecule has 0 aliphatic carbocycles. The number of rotatable bonds is 0. The molecule has 1 heterocycles. The molecule has 4 N–H and O–H groups in total. The topological polar surface area (TPSA) is 94.9 Å². The Kier molecular flexibility index (Phi) is 4.58. The molecule has 0 aliphatic heterocycles. The average Bonchev–Trinajstić information content (AvgIpc) is 1.90. The van der Waals surface area contributed by atoms with Crippen LogP contribution in [0.3, 0.4) is 0 Å². The number of primary amides is 2. The molecule has 0 fully saturated rings. The van der Waals surface area contributed by atoms with E-state index >= 15 is 0 Å². The van der Waals surface area contributed by atoms with Crippen molar-refractivity contribution in [1.29, 1.82) is 0 Å². The van der Waals surface area contributed by atoms with Crippen LogP contribution in [0.15, 0.2) is 24.8 Å². The van der Waals surface area contributed by atoms with E-state index in [0.717, 1.165) is 0 Å². The Bertz CT molecular complexity index is 146. The fourth-order valence-electron chi connectivity index (χ4n) is 0.253. The maximum atomic E-state index is 9.00. The molecule has 1 aromatic rings. The van der Waals surface area contributed by atoms with E-state index in [4.69, 9.17) is 4.79 Å². The second-order valence-electron chi connectivity index (χ2n) is 1.31. The second kappa shape index (κ2) is 5.49. The first kappa shape index (κ1) is 8.35. The van der Waals surface area contributed by atoms with Gasteiger partial charge in [-0.2, -0.15) is 0 Å². The second-order valence-corrected chi connectivity index (χ2v) is 1.31. The highest BCUT2D eigenvalue weighted by molar-refractivity contribution is 5.69. The highest BCUT2D eigenvalue weighted by Crippen LogP contribution is 1.66. The Morgan fingerprint density at radius 2 is 1.60 bits per heavy atom. The van der Waals surface area contributed by atoms with Crippen LogP contribution in [-0.2, 0) is 0 Å². The molecule has 0 unspecified atom stereocenters. The SMILES string of the molecule is NC(N)=O.c1cncnc1. The average molecular weight is 140 g/mol. The third-order valence-corrected chi connectivity index (χ3v) is 0.478. The zero-order valence-corrected chi connectivity index (χ0v) is 5.27. The van der Waals surface area contributed by atoms with Gasteiger partial charge in [-0.15, -0.1) is 0 Å². The van der Waals surface area contributed by atoms with Crippen LogP contribution in [0, 0.1) is 0 Å². The summed E-state index contributed by atoms with van der Waals surface area (Å²) in [6.45, 7) is 0. The number of aromatic nitrogens is 2. The van der Waals surface area contributed by atoms with Crippen molar-refractivity contribution in [2.45, 2.75) is 0 Å². The molecule has 0 spiro atoms. The largest absolute Gasteiger partial charge is 0.352 e. The monoisotopic (exact) mass is 140 g/mol. The number of hydrogen-bond donors (Lipinski definition) is 2. The van der Waals surface area contributed by atoms with Gasteiger partial charge in [-0.25, -0.2) is 14.8 Å².